The topological polar surface area (TPSA) is 75.5 Å². The van der Waals surface area contributed by atoms with Crippen molar-refractivity contribution >= 4 is 17.3 Å². The molecule has 1 aromatic carbocycles. The molecule has 0 radical (unpaired) electrons. The molecule has 0 bridgehead atoms. The van der Waals surface area contributed by atoms with Gasteiger partial charge in [0.05, 0.1) is 11.5 Å². The Balaban J connectivity index is 1.97. The fourth-order valence-electron chi connectivity index (χ4n) is 3.21. The smallest absolute Gasteiger partial charge is 0.274 e. The highest BCUT2D eigenvalue weighted by Gasteiger charge is 2.23. The molecule has 2 rings (SSSR count). The Morgan fingerprint density at radius 1 is 1.36 bits per heavy atom. The Kier molecular flexibility index (Phi) is 5.13. The van der Waals surface area contributed by atoms with E-state index in [1.165, 1.54) is 12.5 Å². The number of rotatable bonds is 4. The van der Waals surface area contributed by atoms with Crippen LogP contribution in [-0.4, -0.2) is 35.4 Å². The largest absolute Gasteiger partial charge is 0.325 e. The summed E-state index contributed by atoms with van der Waals surface area (Å²) in [6.45, 7) is 8.25. The maximum atomic E-state index is 12.1. The summed E-state index contributed by atoms with van der Waals surface area (Å²) in [5.41, 5.74) is 1.08. The average molecular weight is 305 g/mol. The normalized spacial score (nSPS) is 22.3. The van der Waals surface area contributed by atoms with Gasteiger partial charge in [-0.3, -0.25) is 19.8 Å². The van der Waals surface area contributed by atoms with Crippen molar-refractivity contribution in [3.8, 4) is 0 Å². The van der Waals surface area contributed by atoms with E-state index >= 15 is 0 Å². The van der Waals surface area contributed by atoms with E-state index in [9.17, 15) is 14.9 Å². The minimum atomic E-state index is -0.432. The van der Waals surface area contributed by atoms with E-state index in [-0.39, 0.29) is 11.6 Å². The fraction of sp³-hybridized carbons (Fsp3) is 0.562. The third-order valence-electron chi connectivity index (χ3n) is 4.00. The first-order valence-electron chi connectivity index (χ1n) is 7.62. The monoisotopic (exact) mass is 305 g/mol. The second-order valence-corrected chi connectivity index (χ2v) is 6.45. The first-order valence-corrected chi connectivity index (χ1v) is 7.62. The van der Waals surface area contributed by atoms with Crippen molar-refractivity contribution in [2.75, 3.05) is 25.0 Å². The van der Waals surface area contributed by atoms with Crippen LogP contribution in [0, 0.1) is 28.9 Å². The van der Waals surface area contributed by atoms with Gasteiger partial charge in [-0.1, -0.05) is 19.9 Å². The van der Waals surface area contributed by atoms with Crippen LogP contribution in [0.15, 0.2) is 18.2 Å². The van der Waals surface area contributed by atoms with Crippen molar-refractivity contribution < 1.29 is 9.72 Å². The molecule has 2 atom stereocenters. The Bertz CT molecular complexity index is 564. The molecular formula is C16H23N3O3. The molecule has 120 valence electrons. The minimum Gasteiger partial charge on any atom is -0.325 e. The molecule has 0 aromatic heterocycles. The third-order valence-corrected chi connectivity index (χ3v) is 4.00. The van der Waals surface area contributed by atoms with Crippen LogP contribution in [0.25, 0.3) is 0 Å². The summed E-state index contributed by atoms with van der Waals surface area (Å²) in [4.78, 5) is 24.8. The van der Waals surface area contributed by atoms with Crippen molar-refractivity contribution in [1.29, 1.82) is 0 Å². The van der Waals surface area contributed by atoms with Crippen LogP contribution in [0.4, 0.5) is 11.4 Å². The number of piperidine rings is 1. The number of amides is 1. The van der Waals surface area contributed by atoms with Crippen LogP contribution in [0.5, 0.6) is 0 Å². The van der Waals surface area contributed by atoms with Crippen molar-refractivity contribution in [3.63, 3.8) is 0 Å². The fourth-order valence-corrected chi connectivity index (χ4v) is 3.21. The van der Waals surface area contributed by atoms with E-state index < -0.39 is 4.92 Å². The summed E-state index contributed by atoms with van der Waals surface area (Å²) in [6.07, 6.45) is 1.20. The quantitative estimate of drug-likeness (QED) is 0.685. The zero-order valence-corrected chi connectivity index (χ0v) is 13.3. The van der Waals surface area contributed by atoms with E-state index in [0.717, 1.165) is 13.1 Å². The maximum Gasteiger partial charge on any atom is 0.274 e. The van der Waals surface area contributed by atoms with E-state index in [0.29, 0.717) is 29.6 Å². The molecule has 0 aliphatic carbocycles. The minimum absolute atomic E-state index is 0.0259. The van der Waals surface area contributed by atoms with Gasteiger partial charge in [0.2, 0.25) is 5.91 Å². The number of nitrogens with one attached hydrogen (secondary N) is 1. The second-order valence-electron chi connectivity index (χ2n) is 6.45. The Morgan fingerprint density at radius 3 is 2.59 bits per heavy atom. The third kappa shape index (κ3) is 4.27. The van der Waals surface area contributed by atoms with Crippen LogP contribution in [0.1, 0.15) is 25.8 Å². The van der Waals surface area contributed by atoms with Gasteiger partial charge >= 0.3 is 0 Å². The van der Waals surface area contributed by atoms with Gasteiger partial charge in [0.1, 0.15) is 0 Å². The van der Waals surface area contributed by atoms with Gasteiger partial charge in [0.25, 0.3) is 5.69 Å². The SMILES string of the molecule is Cc1ccc(NC(=O)CN2CC(C)CC(C)C2)cc1[N+](=O)[O-]. The van der Waals surface area contributed by atoms with Gasteiger partial charge in [-0.05, 0) is 31.2 Å². The Labute approximate surface area is 130 Å². The molecule has 22 heavy (non-hydrogen) atoms. The van der Waals surface area contributed by atoms with E-state index in [1.54, 1.807) is 19.1 Å². The van der Waals surface area contributed by atoms with Crippen LogP contribution in [-0.2, 0) is 4.79 Å². The van der Waals surface area contributed by atoms with Crippen molar-refractivity contribution in [2.45, 2.75) is 27.2 Å². The summed E-state index contributed by atoms with van der Waals surface area (Å²) in [5, 5.41) is 13.7. The van der Waals surface area contributed by atoms with Crippen molar-refractivity contribution in [3.05, 3.63) is 33.9 Å². The molecule has 0 saturated carbocycles. The lowest BCUT2D eigenvalue weighted by Gasteiger charge is -2.34. The molecule has 6 nitrogen and oxygen atoms in total. The summed E-state index contributed by atoms with van der Waals surface area (Å²) >= 11 is 0. The van der Waals surface area contributed by atoms with Gasteiger partial charge in [0, 0.05) is 30.4 Å². The first-order chi connectivity index (χ1) is 10.3. The summed E-state index contributed by atoms with van der Waals surface area (Å²) in [5.74, 6) is 1.06. The van der Waals surface area contributed by atoms with Crippen LogP contribution in [0.3, 0.4) is 0 Å². The highest BCUT2D eigenvalue weighted by molar-refractivity contribution is 5.92. The Morgan fingerprint density at radius 2 is 2.00 bits per heavy atom. The average Bonchev–Trinajstić information content (AvgIpc) is 2.39. The Hall–Kier alpha value is -1.95. The van der Waals surface area contributed by atoms with Crippen molar-refractivity contribution in [2.24, 2.45) is 11.8 Å². The van der Waals surface area contributed by atoms with Gasteiger partial charge < -0.3 is 5.32 Å². The standard InChI is InChI=1S/C16H23N3O3/c1-11-6-12(2)9-18(8-11)10-16(20)17-14-5-4-13(3)15(7-14)19(21)22/h4-5,7,11-12H,6,8-10H2,1-3H3,(H,17,20). The highest BCUT2D eigenvalue weighted by atomic mass is 16.6. The molecule has 1 aliphatic heterocycles. The molecule has 1 aliphatic rings. The van der Waals surface area contributed by atoms with Gasteiger partial charge in [0.15, 0.2) is 0 Å². The number of nitrogens with zero attached hydrogens (tertiary/aromatic N) is 2. The molecule has 1 saturated heterocycles. The van der Waals surface area contributed by atoms with Crippen molar-refractivity contribution in [1.82, 2.24) is 4.90 Å². The lowest BCUT2D eigenvalue weighted by Crippen LogP contribution is -2.42. The summed E-state index contributed by atoms with van der Waals surface area (Å²) in [7, 11) is 0. The summed E-state index contributed by atoms with van der Waals surface area (Å²) < 4.78 is 0. The predicted molar refractivity (Wildman–Crippen MR) is 85.8 cm³/mol. The molecule has 2 unspecified atom stereocenters. The van der Waals surface area contributed by atoms with E-state index in [1.807, 2.05) is 0 Å². The molecule has 0 spiro atoms. The van der Waals surface area contributed by atoms with E-state index in [2.05, 4.69) is 24.1 Å². The van der Waals surface area contributed by atoms with Crippen LogP contribution in [0.2, 0.25) is 0 Å². The number of hydrogen-bond donors (Lipinski definition) is 1. The maximum absolute atomic E-state index is 12.1. The molecule has 1 aromatic rings. The number of nitro benzene ring substituents is 1. The highest BCUT2D eigenvalue weighted by Crippen LogP contribution is 2.23. The van der Waals surface area contributed by atoms with Crippen LogP contribution >= 0.6 is 0 Å². The number of benzene rings is 1. The molecule has 1 amide bonds. The number of hydrogen-bond acceptors (Lipinski definition) is 4. The number of carbonyl (C=O) groups excluding carboxylic acids is 1. The lowest BCUT2D eigenvalue weighted by molar-refractivity contribution is -0.385. The predicted octanol–water partition coefficient (Wildman–Crippen LogP) is 2.82. The molecule has 6 heteroatoms. The number of likely N-dealkylation sites (tertiary alicyclic amines) is 1. The molecule has 1 fully saturated rings. The lowest BCUT2D eigenvalue weighted by atomic mass is 9.92. The second kappa shape index (κ2) is 6.87. The molecule has 1 N–H and O–H groups in total. The first kappa shape index (κ1) is 16.4. The number of nitro groups is 1. The summed E-state index contributed by atoms with van der Waals surface area (Å²) in [6, 6.07) is 4.76. The molecule has 1 heterocycles. The van der Waals surface area contributed by atoms with Gasteiger partial charge in [-0.25, -0.2) is 0 Å². The molecular weight excluding hydrogens is 282 g/mol. The number of aryl methyl sites for hydroxylation is 1. The van der Waals surface area contributed by atoms with Gasteiger partial charge in [-0.2, -0.15) is 0 Å². The number of anilines is 1. The number of carbonyl (C=O) groups is 1. The van der Waals surface area contributed by atoms with E-state index in [4.69, 9.17) is 0 Å². The van der Waals surface area contributed by atoms with Crippen LogP contribution < -0.4 is 5.32 Å². The zero-order chi connectivity index (χ0) is 16.3. The van der Waals surface area contributed by atoms with Gasteiger partial charge in [-0.15, -0.1) is 0 Å². The zero-order valence-electron chi connectivity index (χ0n) is 13.3.